The van der Waals surface area contributed by atoms with Gasteiger partial charge in [-0.15, -0.1) is 13.2 Å². The normalized spacial score (nSPS) is 11.2. The Hall–Kier alpha value is -1.56. The molecule has 0 aliphatic heterocycles. The molecule has 0 aliphatic rings. The van der Waals surface area contributed by atoms with Gasteiger partial charge in [-0.1, -0.05) is 18.2 Å². The van der Waals surface area contributed by atoms with Crippen molar-refractivity contribution in [3.8, 4) is 0 Å². The van der Waals surface area contributed by atoms with Crippen LogP contribution in [0.4, 0.5) is 18.9 Å². The van der Waals surface area contributed by atoms with E-state index in [0.29, 0.717) is 0 Å². The highest BCUT2D eigenvalue weighted by Gasteiger charge is 2.35. The number of hydrogen-bond acceptors (Lipinski definition) is 2. The topological polar surface area (TPSA) is 29.5 Å². The van der Waals surface area contributed by atoms with Gasteiger partial charge in [0.2, 0.25) is 5.91 Å². The van der Waals surface area contributed by atoms with E-state index < -0.39 is 12.3 Å². The second-order valence-electron chi connectivity index (χ2n) is 2.69. The van der Waals surface area contributed by atoms with Gasteiger partial charge in [0.05, 0.1) is 5.69 Å². The lowest BCUT2D eigenvalue weighted by Crippen LogP contribution is -2.35. The van der Waals surface area contributed by atoms with Crippen LogP contribution >= 0.6 is 0 Å². The van der Waals surface area contributed by atoms with Crippen LogP contribution in [0.2, 0.25) is 0 Å². The predicted molar refractivity (Wildman–Crippen MR) is 46.7 cm³/mol. The summed E-state index contributed by atoms with van der Waals surface area (Å²) in [6, 6.07) is 7.31. The van der Waals surface area contributed by atoms with Crippen LogP contribution in [0.15, 0.2) is 30.3 Å². The summed E-state index contributed by atoms with van der Waals surface area (Å²) < 4.78 is 35.8. The summed E-state index contributed by atoms with van der Waals surface area (Å²) >= 11 is 0. The summed E-state index contributed by atoms with van der Waals surface area (Å²) in [5.41, 5.74) is 0.0299. The lowest BCUT2D eigenvalue weighted by atomic mass is 10.3. The average molecular weight is 219 g/mol. The minimum atomic E-state index is -4.89. The second-order valence-corrected chi connectivity index (χ2v) is 2.69. The van der Waals surface area contributed by atoms with Gasteiger partial charge in [-0.05, 0) is 12.1 Å². The molecular weight excluding hydrogens is 211 g/mol. The first-order chi connectivity index (χ1) is 6.90. The molecule has 15 heavy (non-hydrogen) atoms. The first kappa shape index (κ1) is 11.5. The molecule has 1 aromatic rings. The number of amides is 1. The van der Waals surface area contributed by atoms with Crippen LogP contribution < -0.4 is 5.06 Å². The third kappa shape index (κ3) is 3.59. The van der Waals surface area contributed by atoms with Crippen molar-refractivity contribution in [3.63, 3.8) is 0 Å². The van der Waals surface area contributed by atoms with Gasteiger partial charge in [0.25, 0.3) is 0 Å². The number of carbonyl (C=O) groups is 1. The van der Waals surface area contributed by atoms with Gasteiger partial charge in [-0.3, -0.25) is 4.79 Å². The molecule has 0 aromatic heterocycles. The minimum absolute atomic E-state index is 0.0299. The first-order valence-corrected chi connectivity index (χ1v) is 4.02. The molecule has 0 fully saturated rings. The number of hydroxylamine groups is 1. The molecule has 0 atom stereocenters. The number of halogens is 3. The largest absolute Gasteiger partial charge is 0.544 e. The average Bonchev–Trinajstić information content (AvgIpc) is 2.14. The Bertz CT molecular complexity index is 337. The van der Waals surface area contributed by atoms with Gasteiger partial charge >= 0.3 is 6.36 Å². The molecule has 0 spiro atoms. The van der Waals surface area contributed by atoms with Crippen LogP contribution in [0.25, 0.3) is 0 Å². The van der Waals surface area contributed by atoms with E-state index in [-0.39, 0.29) is 10.8 Å². The predicted octanol–water partition coefficient (Wildman–Crippen LogP) is 2.49. The fourth-order valence-electron chi connectivity index (χ4n) is 0.966. The molecule has 0 bridgehead atoms. The van der Waals surface area contributed by atoms with Crippen LogP contribution in [0.1, 0.15) is 6.92 Å². The standard InChI is InChI=1S/C9H8F3NO2/c1-7(14)13(15-9(10,11)12)8-5-3-2-4-6-8/h2-6H,1H3. The Balaban J connectivity index is 2.90. The Morgan fingerprint density at radius 2 is 1.80 bits per heavy atom. The van der Waals surface area contributed by atoms with E-state index in [2.05, 4.69) is 4.84 Å². The van der Waals surface area contributed by atoms with Gasteiger partial charge in [0.1, 0.15) is 0 Å². The summed E-state index contributed by atoms with van der Waals surface area (Å²) in [6.07, 6.45) is -4.89. The molecule has 1 amide bonds. The zero-order valence-electron chi connectivity index (χ0n) is 7.78. The summed E-state index contributed by atoms with van der Waals surface area (Å²) in [5.74, 6) is -0.849. The fourth-order valence-corrected chi connectivity index (χ4v) is 0.966. The van der Waals surface area contributed by atoms with Gasteiger partial charge in [-0.2, -0.15) is 9.90 Å². The maximum absolute atomic E-state index is 11.9. The lowest BCUT2D eigenvalue weighted by molar-refractivity contribution is -0.327. The van der Waals surface area contributed by atoms with Crippen molar-refractivity contribution in [2.45, 2.75) is 13.3 Å². The van der Waals surface area contributed by atoms with Crippen LogP contribution in [-0.2, 0) is 9.63 Å². The number of nitrogens with zero attached hydrogens (tertiary/aromatic N) is 1. The Morgan fingerprint density at radius 3 is 2.20 bits per heavy atom. The van der Waals surface area contributed by atoms with Crippen LogP contribution in [-0.4, -0.2) is 12.3 Å². The maximum Gasteiger partial charge on any atom is 0.544 e. The summed E-state index contributed by atoms with van der Waals surface area (Å²) in [6.45, 7) is 0.985. The molecule has 0 N–H and O–H groups in total. The van der Waals surface area contributed by atoms with E-state index in [1.807, 2.05) is 0 Å². The number of benzene rings is 1. The summed E-state index contributed by atoms with van der Waals surface area (Å²) in [5, 5.41) is 0.194. The first-order valence-electron chi connectivity index (χ1n) is 4.02. The molecule has 6 heteroatoms. The van der Waals surface area contributed by atoms with Crippen LogP contribution in [0.3, 0.4) is 0 Å². The smallest absolute Gasteiger partial charge is 0.273 e. The fraction of sp³-hybridized carbons (Fsp3) is 0.222. The minimum Gasteiger partial charge on any atom is -0.273 e. The summed E-state index contributed by atoms with van der Waals surface area (Å²) in [4.78, 5) is 14.5. The molecule has 0 saturated carbocycles. The molecule has 0 saturated heterocycles. The van der Waals surface area contributed by atoms with E-state index in [0.717, 1.165) is 6.92 Å². The molecule has 0 aliphatic carbocycles. The third-order valence-corrected chi connectivity index (χ3v) is 1.47. The monoisotopic (exact) mass is 219 g/mol. The van der Waals surface area contributed by atoms with Crippen molar-refractivity contribution in [1.82, 2.24) is 0 Å². The highest BCUT2D eigenvalue weighted by Crippen LogP contribution is 2.23. The molecule has 3 nitrogen and oxygen atoms in total. The highest BCUT2D eigenvalue weighted by atomic mass is 19.4. The zero-order valence-corrected chi connectivity index (χ0v) is 7.78. The van der Waals surface area contributed by atoms with Crippen molar-refractivity contribution in [3.05, 3.63) is 30.3 Å². The van der Waals surface area contributed by atoms with Gasteiger partial charge in [0, 0.05) is 6.92 Å². The van der Waals surface area contributed by atoms with Crippen molar-refractivity contribution < 1.29 is 22.8 Å². The number of carbonyl (C=O) groups excluding carboxylic acids is 1. The lowest BCUT2D eigenvalue weighted by Gasteiger charge is -2.20. The SMILES string of the molecule is CC(=O)N(OC(F)(F)F)c1ccccc1. The van der Waals surface area contributed by atoms with Crippen LogP contribution in [0.5, 0.6) is 0 Å². The summed E-state index contributed by atoms with van der Waals surface area (Å²) in [7, 11) is 0. The van der Waals surface area contributed by atoms with E-state index in [4.69, 9.17) is 0 Å². The molecular formula is C9H8F3NO2. The van der Waals surface area contributed by atoms with Gasteiger partial charge in [-0.25, -0.2) is 0 Å². The number of rotatable bonds is 2. The van der Waals surface area contributed by atoms with E-state index >= 15 is 0 Å². The zero-order chi connectivity index (χ0) is 11.5. The highest BCUT2D eigenvalue weighted by molar-refractivity contribution is 5.89. The van der Waals surface area contributed by atoms with Crippen molar-refractivity contribution in [1.29, 1.82) is 0 Å². The molecule has 1 rings (SSSR count). The number of alkyl halides is 3. The Morgan fingerprint density at radius 1 is 1.27 bits per heavy atom. The number of anilines is 1. The van der Waals surface area contributed by atoms with Crippen LogP contribution in [0, 0.1) is 0 Å². The van der Waals surface area contributed by atoms with Gasteiger partial charge in [0.15, 0.2) is 0 Å². The van der Waals surface area contributed by atoms with E-state index in [9.17, 15) is 18.0 Å². The van der Waals surface area contributed by atoms with Crippen molar-refractivity contribution in [2.75, 3.05) is 5.06 Å². The molecule has 0 unspecified atom stereocenters. The quantitative estimate of drug-likeness (QED) is 0.715. The maximum atomic E-state index is 11.9. The third-order valence-electron chi connectivity index (χ3n) is 1.47. The molecule has 0 heterocycles. The van der Waals surface area contributed by atoms with E-state index in [1.165, 1.54) is 24.3 Å². The van der Waals surface area contributed by atoms with Gasteiger partial charge < -0.3 is 0 Å². The van der Waals surface area contributed by atoms with E-state index in [1.54, 1.807) is 6.07 Å². The molecule has 1 aromatic carbocycles. The molecule has 82 valence electrons. The molecule has 0 radical (unpaired) electrons. The number of hydrogen-bond donors (Lipinski definition) is 0. The van der Waals surface area contributed by atoms with Crippen molar-refractivity contribution >= 4 is 11.6 Å². The second kappa shape index (κ2) is 4.31. The number of para-hydroxylation sites is 1. The Kier molecular flexibility index (Phi) is 3.31. The van der Waals surface area contributed by atoms with Crippen molar-refractivity contribution in [2.24, 2.45) is 0 Å². The Labute approximate surface area is 84.0 Å².